The van der Waals surface area contributed by atoms with Crippen molar-refractivity contribution in [3.63, 3.8) is 0 Å². The molecule has 0 aliphatic heterocycles. The summed E-state index contributed by atoms with van der Waals surface area (Å²) in [5.41, 5.74) is 1.41. The predicted molar refractivity (Wildman–Crippen MR) is 82.5 cm³/mol. The van der Waals surface area contributed by atoms with Crippen LogP contribution in [0.2, 0.25) is 5.02 Å². The lowest BCUT2D eigenvalue weighted by Gasteiger charge is -2.10. The molecular weight excluding hydrogens is 293 g/mol. The molecule has 2 rings (SSSR count). The molecule has 1 N–H and O–H groups in total. The van der Waals surface area contributed by atoms with Crippen molar-refractivity contribution >= 4 is 17.3 Å². The third kappa shape index (κ3) is 4.62. The van der Waals surface area contributed by atoms with Gasteiger partial charge in [0, 0.05) is 24.9 Å². The maximum atomic E-state index is 13.7. The Bertz CT molecular complexity index is 575. The molecule has 2 aromatic carbocycles. The fourth-order valence-electron chi connectivity index (χ4n) is 1.79. The van der Waals surface area contributed by atoms with Gasteiger partial charge in [0.2, 0.25) is 0 Å². The number of anilines is 1. The van der Waals surface area contributed by atoms with Gasteiger partial charge >= 0.3 is 0 Å². The second-order valence-corrected chi connectivity index (χ2v) is 4.84. The van der Waals surface area contributed by atoms with Crippen molar-refractivity contribution in [1.29, 1.82) is 0 Å². The highest BCUT2D eigenvalue weighted by Crippen LogP contribution is 2.20. The van der Waals surface area contributed by atoms with Gasteiger partial charge in [0.05, 0.1) is 11.6 Å². The van der Waals surface area contributed by atoms with Crippen LogP contribution in [0.15, 0.2) is 42.5 Å². The summed E-state index contributed by atoms with van der Waals surface area (Å²) >= 11 is 5.75. The maximum Gasteiger partial charge on any atom is 0.146 e. The van der Waals surface area contributed by atoms with E-state index in [1.807, 2.05) is 24.3 Å². The average molecular weight is 310 g/mol. The van der Waals surface area contributed by atoms with E-state index in [2.05, 4.69) is 5.32 Å². The summed E-state index contributed by atoms with van der Waals surface area (Å²) in [7, 11) is 1.63. The lowest BCUT2D eigenvalue weighted by Crippen LogP contribution is -2.04. The Morgan fingerprint density at radius 3 is 2.57 bits per heavy atom. The van der Waals surface area contributed by atoms with E-state index in [-0.39, 0.29) is 10.8 Å². The van der Waals surface area contributed by atoms with E-state index >= 15 is 0 Å². The molecule has 0 saturated heterocycles. The van der Waals surface area contributed by atoms with Crippen LogP contribution in [0.1, 0.15) is 5.56 Å². The molecule has 112 valence electrons. The SMILES string of the molecule is COCCOc1ccc(NCc2cccc(Cl)c2F)cc1. The van der Waals surface area contributed by atoms with Crippen molar-refractivity contribution in [2.75, 3.05) is 25.6 Å². The number of nitrogens with one attached hydrogen (secondary N) is 1. The van der Waals surface area contributed by atoms with Gasteiger partial charge in [-0.15, -0.1) is 0 Å². The molecule has 0 saturated carbocycles. The Labute approximate surface area is 128 Å². The Morgan fingerprint density at radius 2 is 1.86 bits per heavy atom. The number of ether oxygens (including phenoxy) is 2. The Kier molecular flexibility index (Phi) is 5.84. The Hall–Kier alpha value is -1.78. The first-order valence-electron chi connectivity index (χ1n) is 6.59. The van der Waals surface area contributed by atoms with E-state index in [9.17, 15) is 4.39 Å². The monoisotopic (exact) mass is 309 g/mol. The molecule has 0 heterocycles. The summed E-state index contributed by atoms with van der Waals surface area (Å²) in [4.78, 5) is 0. The van der Waals surface area contributed by atoms with Crippen LogP contribution < -0.4 is 10.1 Å². The van der Waals surface area contributed by atoms with Crippen molar-refractivity contribution in [1.82, 2.24) is 0 Å². The van der Waals surface area contributed by atoms with Crippen LogP contribution in [0.5, 0.6) is 5.75 Å². The van der Waals surface area contributed by atoms with Gasteiger partial charge in [-0.3, -0.25) is 0 Å². The normalized spacial score (nSPS) is 10.4. The van der Waals surface area contributed by atoms with Gasteiger partial charge in [-0.1, -0.05) is 23.7 Å². The van der Waals surface area contributed by atoms with Crippen molar-refractivity contribution < 1.29 is 13.9 Å². The largest absolute Gasteiger partial charge is 0.491 e. The molecule has 2 aromatic rings. The van der Waals surface area contributed by atoms with Crippen molar-refractivity contribution in [2.45, 2.75) is 6.54 Å². The molecule has 5 heteroatoms. The molecule has 0 aliphatic rings. The first-order chi connectivity index (χ1) is 10.2. The zero-order chi connectivity index (χ0) is 15.1. The number of methoxy groups -OCH3 is 1. The van der Waals surface area contributed by atoms with Crippen molar-refractivity contribution in [3.05, 3.63) is 58.9 Å². The van der Waals surface area contributed by atoms with Gasteiger partial charge < -0.3 is 14.8 Å². The fraction of sp³-hybridized carbons (Fsp3) is 0.250. The smallest absolute Gasteiger partial charge is 0.146 e. The maximum absolute atomic E-state index is 13.7. The van der Waals surface area contributed by atoms with Crippen LogP contribution in [-0.4, -0.2) is 20.3 Å². The molecule has 0 bridgehead atoms. The molecule has 3 nitrogen and oxygen atoms in total. The van der Waals surface area contributed by atoms with Crippen LogP contribution in [0.25, 0.3) is 0 Å². The third-order valence-electron chi connectivity index (χ3n) is 2.93. The van der Waals surface area contributed by atoms with E-state index in [1.165, 1.54) is 6.07 Å². The first kappa shape index (κ1) is 15.6. The summed E-state index contributed by atoms with van der Waals surface area (Å²) < 4.78 is 24.1. The zero-order valence-electron chi connectivity index (χ0n) is 11.7. The topological polar surface area (TPSA) is 30.5 Å². The van der Waals surface area contributed by atoms with E-state index < -0.39 is 0 Å². The number of benzene rings is 2. The molecule has 0 unspecified atom stereocenters. The standard InChI is InChI=1S/C16H17ClFNO2/c1-20-9-10-21-14-7-5-13(6-8-14)19-11-12-3-2-4-15(17)16(12)18/h2-8,19H,9-11H2,1H3. The minimum Gasteiger partial charge on any atom is -0.491 e. The van der Waals surface area contributed by atoms with E-state index in [1.54, 1.807) is 19.2 Å². The quantitative estimate of drug-likeness (QED) is 0.781. The van der Waals surface area contributed by atoms with E-state index in [0.29, 0.717) is 25.3 Å². The molecule has 0 spiro atoms. The van der Waals surface area contributed by atoms with Gasteiger partial charge in [-0.25, -0.2) is 4.39 Å². The summed E-state index contributed by atoms with van der Waals surface area (Å²) in [6, 6.07) is 12.4. The summed E-state index contributed by atoms with van der Waals surface area (Å²) in [6.45, 7) is 1.43. The van der Waals surface area contributed by atoms with Gasteiger partial charge in [-0.05, 0) is 30.3 Å². The second-order valence-electron chi connectivity index (χ2n) is 4.43. The second kappa shape index (κ2) is 7.86. The molecular formula is C16H17ClFNO2. The van der Waals surface area contributed by atoms with Crippen LogP contribution in [0.4, 0.5) is 10.1 Å². The molecule has 21 heavy (non-hydrogen) atoms. The van der Waals surface area contributed by atoms with Gasteiger partial charge in [0.15, 0.2) is 0 Å². The van der Waals surface area contributed by atoms with Crippen LogP contribution in [-0.2, 0) is 11.3 Å². The number of rotatable bonds is 7. The molecule has 0 atom stereocenters. The van der Waals surface area contributed by atoms with Crippen molar-refractivity contribution in [3.8, 4) is 5.75 Å². The van der Waals surface area contributed by atoms with Gasteiger partial charge in [-0.2, -0.15) is 0 Å². The summed E-state index contributed by atoms with van der Waals surface area (Å²) in [5.74, 6) is 0.387. The lowest BCUT2D eigenvalue weighted by atomic mass is 10.2. The predicted octanol–water partition coefficient (Wildman–Crippen LogP) is 4.12. The van der Waals surface area contributed by atoms with Crippen molar-refractivity contribution in [2.24, 2.45) is 0 Å². The number of halogens is 2. The zero-order valence-corrected chi connectivity index (χ0v) is 12.5. The summed E-state index contributed by atoms with van der Waals surface area (Å²) in [5, 5.41) is 3.28. The highest BCUT2D eigenvalue weighted by molar-refractivity contribution is 6.30. The summed E-state index contributed by atoms with van der Waals surface area (Å²) in [6.07, 6.45) is 0. The molecule has 0 fully saturated rings. The Morgan fingerprint density at radius 1 is 1.10 bits per heavy atom. The van der Waals surface area contributed by atoms with Crippen LogP contribution in [0.3, 0.4) is 0 Å². The highest BCUT2D eigenvalue weighted by Gasteiger charge is 2.05. The minimum absolute atomic E-state index is 0.135. The average Bonchev–Trinajstić information content (AvgIpc) is 2.50. The van der Waals surface area contributed by atoms with Gasteiger partial charge in [0.25, 0.3) is 0 Å². The lowest BCUT2D eigenvalue weighted by molar-refractivity contribution is 0.146. The molecule has 0 aromatic heterocycles. The molecule has 0 radical (unpaired) electrons. The van der Waals surface area contributed by atoms with Gasteiger partial charge in [0.1, 0.15) is 18.2 Å². The van der Waals surface area contributed by atoms with Crippen LogP contribution >= 0.6 is 11.6 Å². The van der Waals surface area contributed by atoms with E-state index in [0.717, 1.165) is 11.4 Å². The molecule has 0 aliphatic carbocycles. The molecule has 0 amide bonds. The third-order valence-corrected chi connectivity index (χ3v) is 3.22. The fourth-order valence-corrected chi connectivity index (χ4v) is 1.99. The highest BCUT2D eigenvalue weighted by atomic mass is 35.5. The Balaban J connectivity index is 1.90. The minimum atomic E-state index is -0.383. The van der Waals surface area contributed by atoms with Crippen LogP contribution in [0, 0.1) is 5.82 Å². The first-order valence-corrected chi connectivity index (χ1v) is 6.97. The number of hydrogen-bond acceptors (Lipinski definition) is 3. The van der Waals surface area contributed by atoms with E-state index in [4.69, 9.17) is 21.1 Å². The number of hydrogen-bond donors (Lipinski definition) is 1.